The van der Waals surface area contributed by atoms with Gasteiger partial charge in [0.25, 0.3) is 0 Å². The lowest BCUT2D eigenvalue weighted by molar-refractivity contribution is 0.449. The topological polar surface area (TPSA) is 9.86 Å². The molecule has 2 atom stereocenters. The van der Waals surface area contributed by atoms with E-state index in [1.807, 2.05) is 0 Å². The Morgan fingerprint density at radius 3 is 1.09 bits per heavy atom. The van der Waals surface area contributed by atoms with Gasteiger partial charge in [-0.2, -0.15) is 0 Å². The van der Waals surface area contributed by atoms with E-state index in [2.05, 4.69) is 148 Å². The molecule has 0 N–H and O–H groups in total. The molecule has 56 heavy (non-hydrogen) atoms. The van der Waals surface area contributed by atoms with Gasteiger partial charge < -0.3 is 9.13 Å². The number of aromatic nitrogens is 2. The maximum atomic E-state index is 2.55. The number of benzene rings is 5. The predicted molar refractivity (Wildman–Crippen MR) is 246 cm³/mol. The summed E-state index contributed by atoms with van der Waals surface area (Å²) < 4.78 is 5.10. The van der Waals surface area contributed by atoms with Gasteiger partial charge in [0, 0.05) is 32.9 Å². The summed E-state index contributed by atoms with van der Waals surface area (Å²) in [5, 5.41) is 5.40. The average molecular weight is 745 g/mol. The lowest BCUT2D eigenvalue weighted by atomic mass is 9.92. The van der Waals surface area contributed by atoms with Crippen LogP contribution in [0.4, 0.5) is 0 Å². The zero-order valence-electron chi connectivity index (χ0n) is 35.6. The predicted octanol–water partition coefficient (Wildman–Crippen LogP) is 16.1. The fourth-order valence-corrected chi connectivity index (χ4v) is 9.37. The van der Waals surface area contributed by atoms with Gasteiger partial charge in [0.1, 0.15) is 0 Å². The van der Waals surface area contributed by atoms with Crippen LogP contribution in [-0.2, 0) is 25.7 Å². The second-order valence-electron chi connectivity index (χ2n) is 17.0. The summed E-state index contributed by atoms with van der Waals surface area (Å²) in [4.78, 5) is 0. The maximum Gasteiger partial charge on any atom is 0.0548 e. The number of hydrogen-bond acceptors (Lipinski definition) is 0. The molecule has 294 valence electrons. The van der Waals surface area contributed by atoms with E-state index in [0.717, 1.165) is 24.7 Å². The van der Waals surface area contributed by atoms with Crippen LogP contribution in [-0.4, -0.2) is 9.13 Å². The van der Waals surface area contributed by atoms with E-state index in [1.54, 1.807) is 0 Å². The molecule has 5 aromatic carbocycles. The van der Waals surface area contributed by atoms with Crippen molar-refractivity contribution in [3.05, 3.63) is 119 Å². The van der Waals surface area contributed by atoms with Gasteiger partial charge in [-0.25, -0.2) is 0 Å². The molecule has 0 amide bonds. The van der Waals surface area contributed by atoms with Crippen LogP contribution in [0.1, 0.15) is 141 Å². The van der Waals surface area contributed by atoms with Gasteiger partial charge in [0.2, 0.25) is 0 Å². The summed E-state index contributed by atoms with van der Waals surface area (Å²) in [5.41, 5.74) is 13.5. The number of fused-ring (bicyclic) bond motifs is 6. The van der Waals surface area contributed by atoms with E-state index in [0.29, 0.717) is 0 Å². The number of hydrogen-bond donors (Lipinski definition) is 0. The lowest BCUT2D eigenvalue weighted by Crippen LogP contribution is -2.04. The second-order valence-corrected chi connectivity index (χ2v) is 17.0. The van der Waals surface area contributed by atoms with Gasteiger partial charge in [-0.05, 0) is 133 Å². The molecule has 0 saturated carbocycles. The molecule has 0 fully saturated rings. The highest BCUT2D eigenvalue weighted by Gasteiger charge is 2.20. The molecule has 0 aliphatic rings. The van der Waals surface area contributed by atoms with Crippen LogP contribution in [0.2, 0.25) is 0 Å². The molecule has 0 radical (unpaired) electrons. The summed E-state index contributed by atoms with van der Waals surface area (Å²) in [6.07, 6.45) is 19.8. The SMILES string of the molecule is CCCCc1ccc2c(c1)c1cc3c(cc1n2-c1ccc(CC(CC)CCCC)cc1)c1cc(CCCC)ccc1n3-c1ccc(CC(CC)CCCC)cc1. The Kier molecular flexibility index (Phi) is 13.4. The minimum Gasteiger partial charge on any atom is -0.309 e. The zero-order chi connectivity index (χ0) is 39.0. The Hall–Kier alpha value is -4.30. The van der Waals surface area contributed by atoms with E-state index in [4.69, 9.17) is 0 Å². The number of aryl methyl sites for hydroxylation is 2. The highest BCUT2D eigenvalue weighted by Crippen LogP contribution is 2.40. The Morgan fingerprint density at radius 1 is 0.375 bits per heavy atom. The summed E-state index contributed by atoms with van der Waals surface area (Å²) in [5.74, 6) is 1.53. The standard InChI is InChI=1S/C54H68N2/c1-7-13-17-39(11-5)33-43-21-27-45(28-22-43)55-51-31-25-41(19-15-9-3)35-47(51)49-38-54-50(37-53(49)55)48-36-42(20-16-10-4)26-32-52(48)56(54)46-29-23-44(24-30-46)34-40(12-6)18-14-8-2/h21-32,35-40H,7-20,33-34H2,1-6H3. The van der Waals surface area contributed by atoms with E-state index >= 15 is 0 Å². The largest absolute Gasteiger partial charge is 0.309 e. The Bertz CT molecular complexity index is 2160. The van der Waals surface area contributed by atoms with Crippen molar-refractivity contribution in [3.63, 3.8) is 0 Å². The van der Waals surface area contributed by atoms with Crippen molar-refractivity contribution in [2.75, 3.05) is 0 Å². The van der Waals surface area contributed by atoms with Gasteiger partial charge in [-0.3, -0.25) is 0 Å². The summed E-state index contributed by atoms with van der Waals surface area (Å²) in [6, 6.07) is 38.7. The van der Waals surface area contributed by atoms with Gasteiger partial charge in [-0.15, -0.1) is 0 Å². The maximum absolute atomic E-state index is 2.55. The third kappa shape index (κ3) is 8.51. The van der Waals surface area contributed by atoms with Crippen LogP contribution in [0.3, 0.4) is 0 Å². The number of rotatable bonds is 20. The molecule has 7 rings (SSSR count). The molecule has 2 unspecified atom stereocenters. The van der Waals surface area contributed by atoms with Crippen LogP contribution < -0.4 is 0 Å². The summed E-state index contributed by atoms with van der Waals surface area (Å²) in [7, 11) is 0. The third-order valence-corrected chi connectivity index (χ3v) is 12.9. The van der Waals surface area contributed by atoms with E-state index < -0.39 is 0 Å². The van der Waals surface area contributed by atoms with Crippen molar-refractivity contribution in [1.29, 1.82) is 0 Å². The molecule has 0 spiro atoms. The normalized spacial score (nSPS) is 13.1. The lowest BCUT2D eigenvalue weighted by Gasteiger charge is -2.15. The van der Waals surface area contributed by atoms with E-state index in [-0.39, 0.29) is 0 Å². The average Bonchev–Trinajstić information content (AvgIpc) is 3.72. The highest BCUT2D eigenvalue weighted by molar-refractivity contribution is 6.19. The molecule has 7 aromatic rings. The first-order valence-corrected chi connectivity index (χ1v) is 22.7. The van der Waals surface area contributed by atoms with Crippen LogP contribution in [0.25, 0.3) is 55.0 Å². The minimum atomic E-state index is 0.763. The Balaban J connectivity index is 1.41. The summed E-state index contributed by atoms with van der Waals surface area (Å²) in [6.45, 7) is 13.9. The minimum absolute atomic E-state index is 0.763. The summed E-state index contributed by atoms with van der Waals surface area (Å²) >= 11 is 0. The van der Waals surface area contributed by atoms with E-state index in [1.165, 1.54) is 167 Å². The molecular weight excluding hydrogens is 677 g/mol. The Morgan fingerprint density at radius 2 is 0.732 bits per heavy atom. The highest BCUT2D eigenvalue weighted by atomic mass is 15.0. The molecular formula is C54H68N2. The van der Waals surface area contributed by atoms with Crippen molar-refractivity contribution < 1.29 is 0 Å². The molecule has 0 aliphatic heterocycles. The second kappa shape index (κ2) is 18.8. The van der Waals surface area contributed by atoms with E-state index in [9.17, 15) is 0 Å². The molecule has 0 saturated heterocycles. The van der Waals surface area contributed by atoms with Gasteiger partial charge in [0.05, 0.1) is 22.1 Å². The monoisotopic (exact) mass is 745 g/mol. The quantitative estimate of drug-likeness (QED) is 0.0735. The smallest absolute Gasteiger partial charge is 0.0548 e. The van der Waals surface area contributed by atoms with Gasteiger partial charge >= 0.3 is 0 Å². The molecule has 0 bridgehead atoms. The first-order chi connectivity index (χ1) is 27.5. The first-order valence-electron chi connectivity index (χ1n) is 22.7. The number of nitrogens with zero attached hydrogens (tertiary/aromatic N) is 2. The molecule has 2 heterocycles. The van der Waals surface area contributed by atoms with Crippen LogP contribution in [0.5, 0.6) is 0 Å². The van der Waals surface area contributed by atoms with Crippen LogP contribution in [0.15, 0.2) is 97.1 Å². The van der Waals surface area contributed by atoms with Crippen molar-refractivity contribution in [3.8, 4) is 11.4 Å². The fourth-order valence-electron chi connectivity index (χ4n) is 9.37. The van der Waals surface area contributed by atoms with Crippen molar-refractivity contribution in [1.82, 2.24) is 9.13 Å². The van der Waals surface area contributed by atoms with Gasteiger partial charge in [0.15, 0.2) is 0 Å². The number of unbranched alkanes of at least 4 members (excludes halogenated alkanes) is 4. The zero-order valence-corrected chi connectivity index (χ0v) is 35.6. The molecule has 2 heteroatoms. The molecule has 2 aromatic heterocycles. The molecule has 0 aliphatic carbocycles. The van der Waals surface area contributed by atoms with Gasteiger partial charge in [-0.1, -0.05) is 142 Å². The molecule has 2 nitrogen and oxygen atoms in total. The van der Waals surface area contributed by atoms with Crippen LogP contribution in [0, 0.1) is 11.8 Å². The third-order valence-electron chi connectivity index (χ3n) is 12.9. The first kappa shape index (κ1) is 39.9. The van der Waals surface area contributed by atoms with Crippen molar-refractivity contribution in [2.24, 2.45) is 11.8 Å². The van der Waals surface area contributed by atoms with Crippen molar-refractivity contribution in [2.45, 2.75) is 144 Å². The van der Waals surface area contributed by atoms with Crippen LogP contribution >= 0.6 is 0 Å². The van der Waals surface area contributed by atoms with Crippen molar-refractivity contribution >= 4 is 43.6 Å². The Labute approximate surface area is 338 Å². The fraction of sp³-hybridized carbons (Fsp3) is 0.444.